The lowest BCUT2D eigenvalue weighted by Crippen LogP contribution is -2.23. The number of benzene rings is 3. The van der Waals surface area contributed by atoms with E-state index >= 15 is 0 Å². The number of hydrogen-bond donors (Lipinski definition) is 2. The second kappa shape index (κ2) is 11.0. The van der Waals surface area contributed by atoms with Crippen LogP contribution < -0.4 is 20.3 Å². The Kier molecular flexibility index (Phi) is 7.58. The molecule has 0 saturated carbocycles. The Balaban J connectivity index is 1.36. The molecular weight excluding hydrogens is 505 g/mol. The molecule has 0 aliphatic heterocycles. The number of carbonyl (C=O) groups excluding carboxylic acids is 1. The highest BCUT2D eigenvalue weighted by Crippen LogP contribution is 2.28. The molecule has 0 bridgehead atoms. The number of hydrogen-bond acceptors (Lipinski definition) is 8. The molecule has 0 spiro atoms. The molecule has 4 rings (SSSR count). The Morgan fingerprint density at radius 1 is 1.09 bits per heavy atom. The fraction of sp³-hybridized carbons (Fsp3) is 0.0870. The van der Waals surface area contributed by atoms with Gasteiger partial charge in [-0.3, -0.25) is 4.79 Å². The van der Waals surface area contributed by atoms with E-state index in [1.54, 1.807) is 12.1 Å². The van der Waals surface area contributed by atoms with E-state index < -0.39 is 5.91 Å². The van der Waals surface area contributed by atoms with E-state index in [4.69, 9.17) is 19.3 Å². The monoisotopic (exact) mass is 523 g/mol. The number of para-hydroxylation sites is 1. The van der Waals surface area contributed by atoms with Crippen molar-refractivity contribution in [1.82, 2.24) is 15.5 Å². The highest BCUT2D eigenvalue weighted by atomic mass is 79.9. The predicted octanol–water partition coefficient (Wildman–Crippen LogP) is 3.31. The van der Waals surface area contributed by atoms with E-state index in [0.717, 1.165) is 16.8 Å². The molecule has 0 aliphatic carbocycles. The van der Waals surface area contributed by atoms with Gasteiger partial charge < -0.3 is 19.3 Å². The molecule has 3 aromatic carbocycles. The molecule has 11 heteroatoms. The third-order valence-electron chi connectivity index (χ3n) is 4.72. The molecular formula is C23H19BBrN3O6. The number of halogens is 1. The van der Waals surface area contributed by atoms with Crippen LogP contribution in [-0.2, 0) is 11.4 Å². The maximum Gasteiger partial charge on any atom is 0.316 e. The minimum atomic E-state index is -0.487. The summed E-state index contributed by atoms with van der Waals surface area (Å²) in [5.41, 5.74) is 2.26. The molecule has 0 radical (unpaired) electrons. The number of nitrogens with one attached hydrogen (secondary N) is 1. The van der Waals surface area contributed by atoms with Crippen LogP contribution in [0, 0.1) is 0 Å². The average molecular weight is 524 g/mol. The first-order chi connectivity index (χ1) is 16.5. The second-order valence-corrected chi connectivity index (χ2v) is 8.01. The Hall–Kier alpha value is -3.67. The first kappa shape index (κ1) is 23.5. The summed E-state index contributed by atoms with van der Waals surface area (Å²) >= 11 is 3.40. The van der Waals surface area contributed by atoms with Gasteiger partial charge >= 0.3 is 11.8 Å². The van der Waals surface area contributed by atoms with Crippen molar-refractivity contribution in [2.45, 2.75) is 6.54 Å². The van der Waals surface area contributed by atoms with Gasteiger partial charge in [0.05, 0.1) is 4.47 Å². The Morgan fingerprint density at radius 3 is 2.53 bits per heavy atom. The molecule has 4 aromatic rings. The van der Waals surface area contributed by atoms with Gasteiger partial charge in [-0.15, -0.1) is 0 Å². The van der Waals surface area contributed by atoms with Crippen LogP contribution in [0.15, 0.2) is 75.7 Å². The minimum absolute atomic E-state index is 0.151. The van der Waals surface area contributed by atoms with Crippen molar-refractivity contribution < 1.29 is 28.9 Å². The Bertz CT molecular complexity index is 1240. The van der Waals surface area contributed by atoms with E-state index in [9.17, 15) is 4.79 Å². The quantitative estimate of drug-likeness (QED) is 0.148. The van der Waals surface area contributed by atoms with Crippen LogP contribution in [0.1, 0.15) is 16.2 Å². The van der Waals surface area contributed by atoms with E-state index in [1.807, 2.05) is 62.4 Å². The lowest BCUT2D eigenvalue weighted by atomic mass is 9.93. The topological polar surface area (TPSA) is 116 Å². The molecule has 0 atom stereocenters. The van der Waals surface area contributed by atoms with Crippen molar-refractivity contribution in [3.8, 4) is 28.6 Å². The zero-order chi connectivity index (χ0) is 23.9. The molecule has 0 unspecified atom stereocenters. The van der Waals surface area contributed by atoms with Gasteiger partial charge in [-0.1, -0.05) is 41.6 Å². The second-order valence-electron chi connectivity index (χ2n) is 7.16. The third-order valence-corrected chi connectivity index (χ3v) is 5.31. The zero-order valence-corrected chi connectivity index (χ0v) is 19.6. The molecule has 1 aromatic heterocycles. The number of ether oxygens (including phenoxy) is 2. The van der Waals surface area contributed by atoms with E-state index in [0.29, 0.717) is 21.5 Å². The molecule has 34 heavy (non-hydrogen) atoms. The van der Waals surface area contributed by atoms with E-state index in [-0.39, 0.29) is 25.1 Å². The SMILES string of the molecule is Bc1cc(-c2noc(C(=O)NCc3ccc(Oc4ccccc4)cc3)n2)cc(Br)c1OCOO. The maximum absolute atomic E-state index is 12.5. The Morgan fingerprint density at radius 2 is 1.82 bits per heavy atom. The summed E-state index contributed by atoms with van der Waals surface area (Å²) in [5, 5.41) is 15.1. The highest BCUT2D eigenvalue weighted by molar-refractivity contribution is 9.10. The molecule has 172 valence electrons. The van der Waals surface area contributed by atoms with Gasteiger partial charge in [0.25, 0.3) is 0 Å². The lowest BCUT2D eigenvalue weighted by Gasteiger charge is -2.10. The van der Waals surface area contributed by atoms with Crippen molar-refractivity contribution in [3.63, 3.8) is 0 Å². The largest absolute Gasteiger partial charge is 0.464 e. The van der Waals surface area contributed by atoms with Crippen LogP contribution >= 0.6 is 15.9 Å². The molecule has 0 aliphatic rings. The molecule has 0 fully saturated rings. The van der Waals surface area contributed by atoms with Crippen molar-refractivity contribution in [2.75, 3.05) is 6.79 Å². The summed E-state index contributed by atoms with van der Waals surface area (Å²) < 4.78 is 16.8. The predicted molar refractivity (Wildman–Crippen MR) is 129 cm³/mol. The fourth-order valence-electron chi connectivity index (χ4n) is 3.12. The standard InChI is InChI=1S/C23H19BBrN3O6/c24-18-10-15(11-19(25)20(18)31-13-32-30)21-27-23(34-28-21)22(29)26-12-14-6-8-17(9-7-14)33-16-4-2-1-3-5-16/h1-11,30H,12-13,24H2,(H,26,29). The number of rotatable bonds is 9. The number of aromatic nitrogens is 2. The van der Waals surface area contributed by atoms with Crippen LogP contribution in [0.4, 0.5) is 0 Å². The van der Waals surface area contributed by atoms with Gasteiger partial charge in [0.1, 0.15) is 25.1 Å². The first-order valence-electron chi connectivity index (χ1n) is 10.2. The van der Waals surface area contributed by atoms with Crippen LogP contribution in [0.5, 0.6) is 17.2 Å². The summed E-state index contributed by atoms with van der Waals surface area (Å²) in [5.74, 6) is 1.56. The van der Waals surface area contributed by atoms with E-state index in [2.05, 4.69) is 36.3 Å². The van der Waals surface area contributed by atoms with E-state index in [1.165, 1.54) is 0 Å². The van der Waals surface area contributed by atoms with Gasteiger partial charge in [-0.2, -0.15) is 9.87 Å². The normalized spacial score (nSPS) is 10.6. The van der Waals surface area contributed by atoms with Crippen molar-refractivity contribution in [2.24, 2.45) is 0 Å². The van der Waals surface area contributed by atoms with Crippen molar-refractivity contribution in [3.05, 3.63) is 82.7 Å². The third kappa shape index (κ3) is 5.82. The van der Waals surface area contributed by atoms with Gasteiger partial charge in [0.15, 0.2) is 0 Å². The molecule has 9 nitrogen and oxygen atoms in total. The summed E-state index contributed by atoms with van der Waals surface area (Å²) in [7, 11) is 1.81. The Labute approximate surface area is 204 Å². The summed E-state index contributed by atoms with van der Waals surface area (Å²) in [6, 6.07) is 20.4. The minimum Gasteiger partial charge on any atom is -0.464 e. The molecule has 2 N–H and O–H groups in total. The zero-order valence-electron chi connectivity index (χ0n) is 18.0. The van der Waals surface area contributed by atoms with Crippen molar-refractivity contribution in [1.29, 1.82) is 0 Å². The summed E-state index contributed by atoms with van der Waals surface area (Å²) in [6.07, 6.45) is 0. The average Bonchev–Trinajstić information content (AvgIpc) is 3.34. The number of nitrogens with zero attached hydrogens (tertiary/aromatic N) is 2. The van der Waals surface area contributed by atoms with Crippen LogP contribution in [-0.4, -0.2) is 35.9 Å². The summed E-state index contributed by atoms with van der Waals surface area (Å²) in [4.78, 5) is 20.6. The van der Waals surface area contributed by atoms with Gasteiger partial charge in [0.2, 0.25) is 12.6 Å². The van der Waals surface area contributed by atoms with Crippen LogP contribution in [0.3, 0.4) is 0 Å². The van der Waals surface area contributed by atoms with Crippen molar-refractivity contribution >= 4 is 35.1 Å². The van der Waals surface area contributed by atoms with Crippen LogP contribution in [0.25, 0.3) is 11.4 Å². The smallest absolute Gasteiger partial charge is 0.316 e. The summed E-state index contributed by atoms with van der Waals surface area (Å²) in [6.45, 7) is -0.0279. The number of amides is 1. The number of carbonyl (C=O) groups is 1. The van der Waals surface area contributed by atoms with Crippen LogP contribution in [0.2, 0.25) is 0 Å². The van der Waals surface area contributed by atoms with Gasteiger partial charge in [-0.05, 0) is 57.3 Å². The molecule has 1 heterocycles. The first-order valence-corrected chi connectivity index (χ1v) is 11.0. The highest BCUT2D eigenvalue weighted by Gasteiger charge is 2.18. The fourth-order valence-corrected chi connectivity index (χ4v) is 3.79. The lowest BCUT2D eigenvalue weighted by molar-refractivity contribution is -0.278. The maximum atomic E-state index is 12.5. The molecule has 0 saturated heterocycles. The van der Waals surface area contributed by atoms with Gasteiger partial charge in [0, 0.05) is 12.1 Å². The molecule has 1 amide bonds. The van der Waals surface area contributed by atoms with Gasteiger partial charge in [-0.25, -0.2) is 5.26 Å².